The van der Waals surface area contributed by atoms with Crippen LogP contribution in [0.5, 0.6) is 0 Å². The number of amides is 1. The minimum Gasteiger partial charge on any atom is -0.479 e. The minimum absolute atomic E-state index is 0.111. The SMILES string of the molecule is COC(CNC(=O)c1cnn(-c2cccc(C)c2)c1C)C(=O)O. The fourth-order valence-electron chi connectivity index (χ4n) is 2.20. The summed E-state index contributed by atoms with van der Waals surface area (Å²) in [5.74, 6) is -1.51. The van der Waals surface area contributed by atoms with Crippen molar-refractivity contribution in [3.05, 3.63) is 47.3 Å². The van der Waals surface area contributed by atoms with Gasteiger partial charge in [0.05, 0.1) is 29.7 Å². The number of methoxy groups -OCH3 is 1. The topological polar surface area (TPSA) is 93.5 Å². The maximum absolute atomic E-state index is 12.2. The standard InChI is InChI=1S/C16H19N3O4/c1-10-5-4-6-12(7-10)19-11(2)13(8-18-19)15(20)17-9-14(23-3)16(21)22/h4-8,14H,9H2,1-3H3,(H,17,20)(H,21,22). The van der Waals surface area contributed by atoms with Gasteiger partial charge in [0.1, 0.15) is 0 Å². The Morgan fingerprint density at radius 2 is 2.13 bits per heavy atom. The average Bonchev–Trinajstić information content (AvgIpc) is 2.89. The Balaban J connectivity index is 2.15. The molecule has 1 aromatic carbocycles. The van der Waals surface area contributed by atoms with Crippen LogP contribution in [0.1, 0.15) is 21.6 Å². The highest BCUT2D eigenvalue weighted by atomic mass is 16.5. The fraction of sp³-hybridized carbons (Fsp3) is 0.312. The van der Waals surface area contributed by atoms with E-state index in [9.17, 15) is 9.59 Å². The van der Waals surface area contributed by atoms with Gasteiger partial charge in [-0.15, -0.1) is 0 Å². The number of carbonyl (C=O) groups excluding carboxylic acids is 1. The van der Waals surface area contributed by atoms with Gasteiger partial charge in [-0.25, -0.2) is 9.48 Å². The van der Waals surface area contributed by atoms with Crippen molar-refractivity contribution in [2.45, 2.75) is 20.0 Å². The molecule has 7 nitrogen and oxygen atoms in total. The number of carboxylic acids is 1. The van der Waals surface area contributed by atoms with E-state index in [1.807, 2.05) is 31.2 Å². The first kappa shape index (κ1) is 16.7. The first-order valence-corrected chi connectivity index (χ1v) is 7.09. The maximum atomic E-state index is 12.2. The largest absolute Gasteiger partial charge is 0.479 e. The lowest BCUT2D eigenvalue weighted by atomic mass is 10.2. The summed E-state index contributed by atoms with van der Waals surface area (Å²) in [5.41, 5.74) is 3.03. The lowest BCUT2D eigenvalue weighted by Crippen LogP contribution is -2.37. The van der Waals surface area contributed by atoms with E-state index in [0.29, 0.717) is 11.3 Å². The Bertz CT molecular complexity index is 724. The maximum Gasteiger partial charge on any atom is 0.334 e. The number of benzene rings is 1. The van der Waals surface area contributed by atoms with Gasteiger partial charge in [-0.1, -0.05) is 12.1 Å². The van der Waals surface area contributed by atoms with Gasteiger partial charge >= 0.3 is 5.97 Å². The van der Waals surface area contributed by atoms with Crippen LogP contribution in [-0.2, 0) is 9.53 Å². The molecule has 0 radical (unpaired) electrons. The number of aryl methyl sites for hydroxylation is 1. The van der Waals surface area contributed by atoms with E-state index in [0.717, 1.165) is 11.3 Å². The fourth-order valence-corrected chi connectivity index (χ4v) is 2.20. The molecular formula is C16H19N3O4. The van der Waals surface area contributed by atoms with E-state index in [4.69, 9.17) is 9.84 Å². The number of nitrogens with zero attached hydrogens (tertiary/aromatic N) is 2. The Kier molecular flexibility index (Phi) is 5.13. The molecule has 0 aliphatic carbocycles. The first-order chi connectivity index (χ1) is 10.9. The van der Waals surface area contributed by atoms with Gasteiger partial charge in [-0.2, -0.15) is 5.10 Å². The van der Waals surface area contributed by atoms with Crippen LogP contribution in [0, 0.1) is 13.8 Å². The summed E-state index contributed by atoms with van der Waals surface area (Å²) in [7, 11) is 1.28. The van der Waals surface area contributed by atoms with Crippen LogP contribution in [0.2, 0.25) is 0 Å². The number of aromatic nitrogens is 2. The van der Waals surface area contributed by atoms with Crippen LogP contribution >= 0.6 is 0 Å². The number of nitrogens with one attached hydrogen (secondary N) is 1. The minimum atomic E-state index is -1.13. The molecule has 2 aromatic rings. The van der Waals surface area contributed by atoms with Crippen molar-refractivity contribution in [3.63, 3.8) is 0 Å². The summed E-state index contributed by atoms with van der Waals surface area (Å²) in [6.07, 6.45) is 0.390. The highest BCUT2D eigenvalue weighted by Crippen LogP contribution is 2.15. The zero-order chi connectivity index (χ0) is 17.0. The van der Waals surface area contributed by atoms with Gasteiger partial charge in [0.15, 0.2) is 6.10 Å². The summed E-state index contributed by atoms with van der Waals surface area (Å²) in [4.78, 5) is 23.1. The molecule has 122 valence electrons. The zero-order valence-corrected chi connectivity index (χ0v) is 13.2. The van der Waals surface area contributed by atoms with Gasteiger partial charge in [0.2, 0.25) is 0 Å². The molecule has 1 unspecified atom stereocenters. The summed E-state index contributed by atoms with van der Waals surface area (Å²) in [6.45, 7) is 3.65. The molecule has 2 rings (SSSR count). The van der Waals surface area contributed by atoms with Crippen LogP contribution in [0.15, 0.2) is 30.5 Å². The third-order valence-corrected chi connectivity index (χ3v) is 3.51. The third-order valence-electron chi connectivity index (χ3n) is 3.51. The second-order valence-electron chi connectivity index (χ2n) is 5.17. The van der Waals surface area contributed by atoms with E-state index >= 15 is 0 Å². The van der Waals surface area contributed by atoms with Crippen LogP contribution in [0.3, 0.4) is 0 Å². The number of carboxylic acid groups (broad SMARTS) is 1. The second-order valence-corrected chi connectivity index (χ2v) is 5.17. The predicted octanol–water partition coefficient (Wildman–Crippen LogP) is 1.32. The number of hydrogen-bond donors (Lipinski definition) is 2. The van der Waals surface area contributed by atoms with E-state index in [1.54, 1.807) is 11.6 Å². The Hall–Kier alpha value is -2.67. The molecule has 1 aromatic heterocycles. The van der Waals surface area contributed by atoms with Gasteiger partial charge in [0, 0.05) is 7.11 Å². The number of ether oxygens (including phenoxy) is 1. The van der Waals surface area contributed by atoms with Gasteiger partial charge in [0.25, 0.3) is 5.91 Å². The molecular weight excluding hydrogens is 298 g/mol. The zero-order valence-electron chi connectivity index (χ0n) is 13.2. The van der Waals surface area contributed by atoms with Crippen molar-refractivity contribution in [2.24, 2.45) is 0 Å². The van der Waals surface area contributed by atoms with E-state index in [2.05, 4.69) is 10.4 Å². The average molecular weight is 317 g/mol. The van der Waals surface area contributed by atoms with Crippen molar-refractivity contribution in [1.82, 2.24) is 15.1 Å². The van der Waals surface area contributed by atoms with Gasteiger partial charge in [-0.05, 0) is 31.5 Å². The van der Waals surface area contributed by atoms with Crippen LogP contribution < -0.4 is 5.32 Å². The van der Waals surface area contributed by atoms with E-state index < -0.39 is 12.1 Å². The Morgan fingerprint density at radius 3 is 2.74 bits per heavy atom. The molecule has 7 heteroatoms. The van der Waals surface area contributed by atoms with Crippen molar-refractivity contribution in [3.8, 4) is 5.69 Å². The molecule has 1 atom stereocenters. The molecule has 0 fully saturated rings. The van der Waals surface area contributed by atoms with Gasteiger partial charge in [-0.3, -0.25) is 4.79 Å². The number of hydrogen-bond acceptors (Lipinski definition) is 4. The Morgan fingerprint density at radius 1 is 1.39 bits per heavy atom. The molecule has 1 heterocycles. The number of rotatable bonds is 6. The molecule has 0 saturated carbocycles. The lowest BCUT2D eigenvalue weighted by Gasteiger charge is -2.11. The smallest absolute Gasteiger partial charge is 0.334 e. The molecule has 0 aliphatic rings. The van der Waals surface area contributed by atoms with Crippen LogP contribution in [0.4, 0.5) is 0 Å². The number of carbonyl (C=O) groups is 2. The molecule has 0 spiro atoms. The highest BCUT2D eigenvalue weighted by Gasteiger charge is 2.20. The summed E-state index contributed by atoms with van der Waals surface area (Å²) in [6, 6.07) is 7.77. The van der Waals surface area contributed by atoms with E-state index in [1.165, 1.54) is 13.3 Å². The molecule has 0 bridgehead atoms. The van der Waals surface area contributed by atoms with Gasteiger partial charge < -0.3 is 15.2 Å². The Labute approximate surface area is 133 Å². The van der Waals surface area contributed by atoms with Crippen molar-refractivity contribution in [2.75, 3.05) is 13.7 Å². The normalized spacial score (nSPS) is 12.0. The second kappa shape index (κ2) is 7.06. The van der Waals surface area contributed by atoms with Crippen molar-refractivity contribution < 1.29 is 19.4 Å². The predicted molar refractivity (Wildman–Crippen MR) is 83.8 cm³/mol. The molecule has 23 heavy (non-hydrogen) atoms. The molecule has 0 aliphatic heterocycles. The molecule has 2 N–H and O–H groups in total. The van der Waals surface area contributed by atoms with Crippen molar-refractivity contribution in [1.29, 1.82) is 0 Å². The van der Waals surface area contributed by atoms with Crippen LogP contribution in [0.25, 0.3) is 5.69 Å². The van der Waals surface area contributed by atoms with E-state index in [-0.39, 0.29) is 12.5 Å². The summed E-state index contributed by atoms with van der Waals surface area (Å²) in [5, 5.41) is 15.7. The summed E-state index contributed by atoms with van der Waals surface area (Å²) < 4.78 is 6.45. The van der Waals surface area contributed by atoms with Crippen molar-refractivity contribution >= 4 is 11.9 Å². The quantitative estimate of drug-likeness (QED) is 0.838. The third kappa shape index (κ3) is 3.75. The molecule has 0 saturated heterocycles. The van der Waals surface area contributed by atoms with Crippen LogP contribution in [-0.4, -0.2) is 46.5 Å². The summed E-state index contributed by atoms with van der Waals surface area (Å²) >= 11 is 0. The first-order valence-electron chi connectivity index (χ1n) is 7.09. The molecule has 1 amide bonds. The monoisotopic (exact) mass is 317 g/mol. The number of aliphatic carboxylic acids is 1. The highest BCUT2D eigenvalue weighted by molar-refractivity contribution is 5.95. The lowest BCUT2D eigenvalue weighted by molar-refractivity contribution is -0.148.